The fraction of sp³-hybridized carbons (Fsp3) is 0.368. The lowest BCUT2D eigenvalue weighted by molar-refractivity contribution is -0.0269. The van der Waals surface area contributed by atoms with E-state index in [1.54, 1.807) is 30.1 Å². The van der Waals surface area contributed by atoms with Crippen LogP contribution < -0.4 is 10.8 Å². The molecule has 9 nitrogen and oxygen atoms in total. The zero-order valence-corrected chi connectivity index (χ0v) is 16.6. The van der Waals surface area contributed by atoms with Crippen LogP contribution in [0.15, 0.2) is 35.7 Å². The molecule has 0 bridgehead atoms. The molecule has 152 valence electrons. The normalized spacial score (nSPS) is 16.5. The summed E-state index contributed by atoms with van der Waals surface area (Å²) in [6.45, 7) is 5.91. The molecular formula is C19H22FN7O2. The summed E-state index contributed by atoms with van der Waals surface area (Å²) in [5, 5.41) is 7.61. The first-order valence-corrected chi connectivity index (χ1v) is 9.15. The molecule has 0 saturated heterocycles. The van der Waals surface area contributed by atoms with Gasteiger partial charge < -0.3 is 10.1 Å². The third-order valence-electron chi connectivity index (χ3n) is 4.49. The minimum Gasteiger partial charge on any atom is -0.378 e. The number of fused-ring (bicyclic) bond motifs is 1. The Labute approximate surface area is 166 Å². The van der Waals surface area contributed by atoms with Crippen molar-refractivity contribution in [1.29, 1.82) is 0 Å². The van der Waals surface area contributed by atoms with Crippen LogP contribution in [-0.2, 0) is 16.2 Å². The van der Waals surface area contributed by atoms with Gasteiger partial charge in [0.2, 0.25) is 0 Å². The van der Waals surface area contributed by atoms with Crippen molar-refractivity contribution in [3.8, 4) is 0 Å². The van der Waals surface area contributed by atoms with Crippen LogP contribution in [0, 0.1) is 5.82 Å². The van der Waals surface area contributed by atoms with E-state index in [4.69, 9.17) is 9.57 Å². The lowest BCUT2D eigenvalue weighted by Gasteiger charge is -2.18. The maximum Gasteiger partial charge on any atom is 0.182 e. The van der Waals surface area contributed by atoms with Crippen LogP contribution in [0.3, 0.4) is 0 Å². The largest absolute Gasteiger partial charge is 0.378 e. The van der Waals surface area contributed by atoms with Gasteiger partial charge >= 0.3 is 0 Å². The number of ether oxygens (including phenoxy) is 1. The van der Waals surface area contributed by atoms with Crippen molar-refractivity contribution in [2.75, 3.05) is 12.4 Å². The molecule has 29 heavy (non-hydrogen) atoms. The molecular weight excluding hydrogens is 377 g/mol. The Hall–Kier alpha value is -3.11. The van der Waals surface area contributed by atoms with Crippen LogP contribution >= 0.6 is 0 Å². The average molecular weight is 399 g/mol. The molecule has 0 spiro atoms. The number of rotatable bonds is 6. The highest BCUT2D eigenvalue weighted by molar-refractivity contribution is 6.03. The van der Waals surface area contributed by atoms with Crippen LogP contribution in [0.25, 0.3) is 5.65 Å². The summed E-state index contributed by atoms with van der Waals surface area (Å²) in [5.74, 6) is 0.778. The molecule has 1 atom stereocenters. The first-order chi connectivity index (χ1) is 13.9. The number of pyridine rings is 1. The number of aromatic nitrogens is 4. The van der Waals surface area contributed by atoms with E-state index in [1.165, 1.54) is 12.3 Å². The van der Waals surface area contributed by atoms with E-state index in [1.807, 2.05) is 20.8 Å². The molecule has 1 aliphatic heterocycles. The Morgan fingerprint density at radius 2 is 2.21 bits per heavy atom. The quantitative estimate of drug-likeness (QED) is 0.657. The fourth-order valence-electron chi connectivity index (χ4n) is 3.13. The Morgan fingerprint density at radius 1 is 1.38 bits per heavy atom. The van der Waals surface area contributed by atoms with E-state index in [9.17, 15) is 4.39 Å². The summed E-state index contributed by atoms with van der Waals surface area (Å²) in [4.78, 5) is 18.7. The van der Waals surface area contributed by atoms with Crippen LogP contribution in [0.4, 0.5) is 10.2 Å². The number of aliphatic imine (C=N–C) groups is 1. The molecule has 4 heterocycles. The minimum absolute atomic E-state index is 0.242. The maximum absolute atomic E-state index is 13.8. The summed E-state index contributed by atoms with van der Waals surface area (Å²) in [7, 11) is 1.58. The van der Waals surface area contributed by atoms with Crippen molar-refractivity contribution >= 4 is 17.3 Å². The Balaban J connectivity index is 1.64. The topological polar surface area (TPSA) is 98.0 Å². The number of nitrogens with one attached hydrogen (secondary N) is 2. The second kappa shape index (κ2) is 7.37. The first-order valence-electron chi connectivity index (χ1n) is 9.15. The van der Waals surface area contributed by atoms with Gasteiger partial charge in [-0.05, 0) is 32.9 Å². The molecule has 0 fully saturated rings. The van der Waals surface area contributed by atoms with Crippen LogP contribution in [0.2, 0.25) is 0 Å². The third-order valence-corrected chi connectivity index (χ3v) is 4.49. The molecule has 3 aromatic rings. The summed E-state index contributed by atoms with van der Waals surface area (Å²) >= 11 is 0. The van der Waals surface area contributed by atoms with Gasteiger partial charge in [0.25, 0.3) is 0 Å². The zero-order chi connectivity index (χ0) is 20.6. The van der Waals surface area contributed by atoms with Gasteiger partial charge in [-0.3, -0.25) is 4.98 Å². The number of halogens is 1. The van der Waals surface area contributed by atoms with Crippen LogP contribution in [0.1, 0.15) is 43.6 Å². The number of methoxy groups -OCH3 is 1. The van der Waals surface area contributed by atoms with Crippen LogP contribution in [-0.4, -0.2) is 38.3 Å². The van der Waals surface area contributed by atoms with Gasteiger partial charge in [0.15, 0.2) is 17.2 Å². The molecule has 0 aromatic carbocycles. The maximum atomic E-state index is 13.8. The fourth-order valence-corrected chi connectivity index (χ4v) is 3.13. The summed E-state index contributed by atoms with van der Waals surface area (Å²) in [6.07, 6.45) is 4.66. The molecule has 0 radical (unpaired) electrons. The van der Waals surface area contributed by atoms with Gasteiger partial charge in [-0.2, -0.15) is 5.10 Å². The van der Waals surface area contributed by atoms with E-state index in [0.717, 1.165) is 5.56 Å². The van der Waals surface area contributed by atoms with E-state index in [2.05, 4.69) is 30.9 Å². The second-order valence-corrected chi connectivity index (χ2v) is 7.24. The number of hydrogen-bond donors (Lipinski definition) is 2. The zero-order valence-electron chi connectivity index (χ0n) is 16.6. The predicted octanol–water partition coefficient (Wildman–Crippen LogP) is 2.60. The van der Waals surface area contributed by atoms with E-state index < -0.39 is 11.5 Å². The summed E-state index contributed by atoms with van der Waals surface area (Å²) in [5.41, 5.74) is 4.89. The highest BCUT2D eigenvalue weighted by Gasteiger charge is 2.28. The Kier molecular flexibility index (Phi) is 4.89. The van der Waals surface area contributed by atoms with E-state index in [0.29, 0.717) is 35.2 Å². The molecule has 3 aromatic heterocycles. The van der Waals surface area contributed by atoms with Crippen molar-refractivity contribution < 1.29 is 14.0 Å². The van der Waals surface area contributed by atoms with Gasteiger partial charge in [0, 0.05) is 18.9 Å². The SMILES string of the molecule is COCc1ncc(F)cc1[C@@H](C)Nc1ccn2ncc(C3=NC(C)(C)ON3)c2n1. The number of nitrogens with zero attached hydrogens (tertiary/aromatic N) is 5. The highest BCUT2D eigenvalue weighted by Crippen LogP contribution is 2.24. The van der Waals surface area contributed by atoms with Crippen molar-refractivity contribution in [3.63, 3.8) is 0 Å². The van der Waals surface area contributed by atoms with Gasteiger partial charge in [-0.15, -0.1) is 0 Å². The lowest BCUT2D eigenvalue weighted by atomic mass is 10.1. The molecule has 0 saturated carbocycles. The lowest BCUT2D eigenvalue weighted by Crippen LogP contribution is -2.23. The van der Waals surface area contributed by atoms with Gasteiger partial charge in [0.05, 0.1) is 36.3 Å². The molecule has 0 unspecified atom stereocenters. The average Bonchev–Trinajstić information content (AvgIpc) is 3.25. The number of hydrogen-bond acceptors (Lipinski definition) is 8. The highest BCUT2D eigenvalue weighted by atomic mass is 19.1. The van der Waals surface area contributed by atoms with Crippen molar-refractivity contribution in [2.24, 2.45) is 4.99 Å². The van der Waals surface area contributed by atoms with Gasteiger partial charge in [0.1, 0.15) is 11.6 Å². The Morgan fingerprint density at radius 3 is 2.93 bits per heavy atom. The number of hydroxylamine groups is 1. The molecule has 1 aliphatic rings. The van der Waals surface area contributed by atoms with E-state index in [-0.39, 0.29) is 6.04 Å². The summed E-state index contributed by atoms with van der Waals surface area (Å²) in [6, 6.07) is 3.01. The minimum atomic E-state index is -0.657. The smallest absolute Gasteiger partial charge is 0.182 e. The molecule has 2 N–H and O–H groups in total. The van der Waals surface area contributed by atoms with Gasteiger partial charge in [-0.25, -0.2) is 29.2 Å². The summed E-state index contributed by atoms with van der Waals surface area (Å²) < 4.78 is 20.6. The Bertz CT molecular complexity index is 1080. The predicted molar refractivity (Wildman–Crippen MR) is 105 cm³/mol. The van der Waals surface area contributed by atoms with Gasteiger partial charge in [-0.1, -0.05) is 0 Å². The first kappa shape index (κ1) is 19.2. The third kappa shape index (κ3) is 3.89. The molecule has 0 aliphatic carbocycles. The van der Waals surface area contributed by atoms with Crippen molar-refractivity contribution in [1.82, 2.24) is 25.1 Å². The molecule has 4 rings (SSSR count). The number of amidine groups is 1. The molecule has 0 amide bonds. The van der Waals surface area contributed by atoms with Crippen molar-refractivity contribution in [2.45, 2.75) is 39.1 Å². The van der Waals surface area contributed by atoms with Crippen LogP contribution in [0.5, 0.6) is 0 Å². The molecule has 10 heteroatoms. The number of anilines is 1. The standard InChI is InChI=1S/C19H22FN7O2/c1-11(13-7-12(20)8-21-15(13)10-28-4)23-16-5-6-27-18(24-16)14(9-22-27)17-25-19(2,3)29-26-17/h5-9,11H,10H2,1-4H3,(H,23,24)(H,25,26)/t11-/m1/s1. The van der Waals surface area contributed by atoms with Crippen molar-refractivity contribution in [3.05, 3.63) is 53.4 Å². The monoisotopic (exact) mass is 399 g/mol. The van der Waals surface area contributed by atoms with E-state index >= 15 is 0 Å². The second-order valence-electron chi connectivity index (χ2n) is 7.24.